The van der Waals surface area contributed by atoms with Gasteiger partial charge >= 0.3 is 0 Å². The van der Waals surface area contributed by atoms with Crippen molar-refractivity contribution in [3.63, 3.8) is 0 Å². The zero-order valence-corrected chi connectivity index (χ0v) is 7.39. The maximum Gasteiger partial charge on any atom is 0.234 e. The van der Waals surface area contributed by atoms with Gasteiger partial charge in [-0.2, -0.15) is 0 Å². The van der Waals surface area contributed by atoms with E-state index in [4.69, 9.17) is 11.5 Å². The number of hydrogen-bond donors (Lipinski definition) is 3. The molecular formula is C7H15N3O2. The second-order valence-corrected chi connectivity index (χ2v) is 3.28. The second kappa shape index (κ2) is 4.06. The molecule has 0 aliphatic heterocycles. The molecule has 0 radical (unpaired) electrons. The molecule has 0 aliphatic carbocycles. The number of nitrogens with two attached hydrogens (primary N) is 2. The van der Waals surface area contributed by atoms with E-state index < -0.39 is 11.4 Å². The van der Waals surface area contributed by atoms with Crippen molar-refractivity contribution in [1.82, 2.24) is 5.32 Å². The summed E-state index contributed by atoms with van der Waals surface area (Å²) in [5, 5.41) is 2.57. The molecule has 12 heavy (non-hydrogen) atoms. The molecule has 0 spiro atoms. The van der Waals surface area contributed by atoms with Gasteiger partial charge in [0, 0.05) is 12.0 Å². The molecule has 0 atom stereocenters. The predicted molar refractivity (Wildman–Crippen MR) is 45.1 cm³/mol. The number of hydrogen-bond acceptors (Lipinski definition) is 3. The number of nitrogens with one attached hydrogen (secondary N) is 1. The molecule has 0 bridgehead atoms. The smallest absolute Gasteiger partial charge is 0.234 e. The summed E-state index contributed by atoms with van der Waals surface area (Å²) in [4.78, 5) is 21.3. The minimum absolute atomic E-state index is 0.0812. The minimum Gasteiger partial charge on any atom is -0.370 e. The first kappa shape index (κ1) is 10.9. The van der Waals surface area contributed by atoms with Gasteiger partial charge in [-0.05, 0) is 13.8 Å². The Kier molecular flexibility index (Phi) is 3.69. The zero-order chi connectivity index (χ0) is 9.78. The number of amides is 2. The van der Waals surface area contributed by atoms with Crippen molar-refractivity contribution in [1.29, 1.82) is 0 Å². The van der Waals surface area contributed by atoms with Gasteiger partial charge in [0.15, 0.2) is 0 Å². The quantitative estimate of drug-likeness (QED) is 0.493. The highest BCUT2D eigenvalue weighted by molar-refractivity contribution is 5.80. The summed E-state index contributed by atoms with van der Waals surface area (Å²) in [5.41, 5.74) is 9.45. The van der Waals surface area contributed by atoms with Gasteiger partial charge in [-0.3, -0.25) is 9.59 Å². The van der Waals surface area contributed by atoms with E-state index in [0.717, 1.165) is 0 Å². The van der Waals surface area contributed by atoms with E-state index in [1.165, 1.54) is 0 Å². The summed E-state index contributed by atoms with van der Waals surface area (Å²) in [7, 11) is 0. The van der Waals surface area contributed by atoms with Crippen LogP contribution in [-0.2, 0) is 9.59 Å². The molecule has 5 nitrogen and oxygen atoms in total. The summed E-state index contributed by atoms with van der Waals surface area (Å²) >= 11 is 0. The zero-order valence-electron chi connectivity index (χ0n) is 7.39. The van der Waals surface area contributed by atoms with Crippen LogP contribution in [0.5, 0.6) is 0 Å². The molecule has 0 heterocycles. The number of carbonyl (C=O) groups is 2. The van der Waals surface area contributed by atoms with E-state index in [1.54, 1.807) is 13.8 Å². The first-order valence-corrected chi connectivity index (χ1v) is 3.67. The fourth-order valence-corrected chi connectivity index (χ4v) is 0.908. The number of carbonyl (C=O) groups excluding carboxylic acids is 2. The molecule has 5 N–H and O–H groups in total. The highest BCUT2D eigenvalue weighted by Crippen LogP contribution is 2.06. The third kappa shape index (κ3) is 4.68. The van der Waals surface area contributed by atoms with Crippen LogP contribution in [-0.4, -0.2) is 23.9 Å². The summed E-state index contributed by atoms with van der Waals surface area (Å²) in [6, 6.07) is 0. The molecule has 0 aliphatic rings. The van der Waals surface area contributed by atoms with Gasteiger partial charge in [0.05, 0.1) is 6.54 Å². The second-order valence-electron chi connectivity index (χ2n) is 3.28. The molecule has 0 rings (SSSR count). The van der Waals surface area contributed by atoms with Crippen molar-refractivity contribution in [2.45, 2.75) is 25.8 Å². The average Bonchev–Trinajstić information content (AvgIpc) is 1.83. The van der Waals surface area contributed by atoms with Gasteiger partial charge in [0.25, 0.3) is 0 Å². The SMILES string of the molecule is CC(C)(CC(N)=O)NC(=O)CN. The molecule has 0 unspecified atom stereocenters. The third-order valence-corrected chi connectivity index (χ3v) is 1.28. The summed E-state index contributed by atoms with van der Waals surface area (Å²) < 4.78 is 0. The van der Waals surface area contributed by atoms with Crippen LogP contribution >= 0.6 is 0 Å². The highest BCUT2D eigenvalue weighted by Gasteiger charge is 2.21. The first-order chi connectivity index (χ1) is 5.37. The van der Waals surface area contributed by atoms with E-state index in [9.17, 15) is 9.59 Å². The Hall–Kier alpha value is -1.10. The molecule has 0 fully saturated rings. The predicted octanol–water partition coefficient (Wildman–Crippen LogP) is -1.28. The van der Waals surface area contributed by atoms with Crippen LogP contribution in [0.25, 0.3) is 0 Å². The monoisotopic (exact) mass is 173 g/mol. The standard InChI is InChI=1S/C7H15N3O2/c1-7(2,3-5(9)11)10-6(12)4-8/h3-4,8H2,1-2H3,(H2,9,11)(H,10,12). The first-order valence-electron chi connectivity index (χ1n) is 3.67. The molecule has 2 amide bonds. The molecule has 70 valence electrons. The Balaban J connectivity index is 4.03. The van der Waals surface area contributed by atoms with Gasteiger partial charge in [-0.25, -0.2) is 0 Å². The Bertz CT molecular complexity index is 189. The third-order valence-electron chi connectivity index (χ3n) is 1.28. The van der Waals surface area contributed by atoms with Crippen molar-refractivity contribution < 1.29 is 9.59 Å². The molecule has 0 aromatic rings. The van der Waals surface area contributed by atoms with Crippen molar-refractivity contribution in [3.8, 4) is 0 Å². The molecular weight excluding hydrogens is 158 g/mol. The van der Waals surface area contributed by atoms with E-state index in [1.807, 2.05) is 0 Å². The molecule has 0 saturated carbocycles. The Morgan fingerprint density at radius 1 is 1.42 bits per heavy atom. The lowest BCUT2D eigenvalue weighted by atomic mass is 10.0. The maximum absolute atomic E-state index is 10.8. The highest BCUT2D eigenvalue weighted by atomic mass is 16.2. The Morgan fingerprint density at radius 2 is 1.92 bits per heavy atom. The van der Waals surface area contributed by atoms with E-state index >= 15 is 0 Å². The molecule has 5 heteroatoms. The van der Waals surface area contributed by atoms with Crippen LogP contribution in [0.3, 0.4) is 0 Å². The van der Waals surface area contributed by atoms with Gasteiger partial charge in [-0.1, -0.05) is 0 Å². The minimum atomic E-state index is -0.609. The summed E-state index contributed by atoms with van der Waals surface area (Å²) in [6.07, 6.45) is 0.110. The largest absolute Gasteiger partial charge is 0.370 e. The summed E-state index contributed by atoms with van der Waals surface area (Å²) in [6.45, 7) is 3.35. The topological polar surface area (TPSA) is 98.2 Å². The normalized spacial score (nSPS) is 10.9. The molecule has 0 aromatic heterocycles. The van der Waals surface area contributed by atoms with E-state index in [-0.39, 0.29) is 18.9 Å². The van der Waals surface area contributed by atoms with Crippen molar-refractivity contribution in [2.75, 3.05) is 6.54 Å². The van der Waals surface area contributed by atoms with Crippen LogP contribution < -0.4 is 16.8 Å². The Labute approximate surface area is 71.5 Å². The average molecular weight is 173 g/mol. The number of primary amides is 1. The lowest BCUT2D eigenvalue weighted by molar-refractivity contribution is -0.122. The lowest BCUT2D eigenvalue weighted by Crippen LogP contribution is -2.48. The fourth-order valence-electron chi connectivity index (χ4n) is 0.908. The summed E-state index contributed by atoms with van der Waals surface area (Å²) in [5.74, 6) is -0.737. The van der Waals surface area contributed by atoms with E-state index in [0.29, 0.717) is 0 Å². The van der Waals surface area contributed by atoms with Crippen LogP contribution in [0.2, 0.25) is 0 Å². The fraction of sp³-hybridized carbons (Fsp3) is 0.714. The lowest BCUT2D eigenvalue weighted by Gasteiger charge is -2.24. The van der Waals surface area contributed by atoms with Gasteiger partial charge in [0.1, 0.15) is 0 Å². The maximum atomic E-state index is 10.8. The van der Waals surface area contributed by atoms with Crippen LogP contribution in [0, 0.1) is 0 Å². The van der Waals surface area contributed by atoms with Gasteiger partial charge < -0.3 is 16.8 Å². The van der Waals surface area contributed by atoms with Crippen LogP contribution in [0.1, 0.15) is 20.3 Å². The molecule has 0 aromatic carbocycles. The Morgan fingerprint density at radius 3 is 2.25 bits per heavy atom. The van der Waals surface area contributed by atoms with Crippen molar-refractivity contribution in [3.05, 3.63) is 0 Å². The van der Waals surface area contributed by atoms with Crippen LogP contribution in [0.15, 0.2) is 0 Å². The van der Waals surface area contributed by atoms with Crippen molar-refractivity contribution >= 4 is 11.8 Å². The van der Waals surface area contributed by atoms with Crippen molar-refractivity contribution in [2.24, 2.45) is 11.5 Å². The van der Waals surface area contributed by atoms with Gasteiger partial charge in [0.2, 0.25) is 11.8 Å². The van der Waals surface area contributed by atoms with E-state index in [2.05, 4.69) is 5.32 Å². The molecule has 0 saturated heterocycles. The van der Waals surface area contributed by atoms with Gasteiger partial charge in [-0.15, -0.1) is 0 Å². The van der Waals surface area contributed by atoms with Crippen LogP contribution in [0.4, 0.5) is 0 Å². The number of rotatable bonds is 4.